The molecule has 1 N–H and O–H groups in total. The molecule has 0 saturated heterocycles. The zero-order valence-corrected chi connectivity index (χ0v) is 16.9. The Bertz CT molecular complexity index is 1160. The fraction of sp³-hybridized carbons (Fsp3) is 0.200. The van der Waals surface area contributed by atoms with E-state index in [2.05, 4.69) is 19.9 Å². The number of rotatable bonds is 4. The van der Waals surface area contributed by atoms with Crippen LogP contribution in [0.4, 0.5) is 0 Å². The lowest BCUT2D eigenvalue weighted by Gasteiger charge is -2.06. The zero-order valence-electron chi connectivity index (χ0n) is 15.2. The van der Waals surface area contributed by atoms with Crippen molar-refractivity contribution in [2.75, 3.05) is 0 Å². The molecule has 0 fully saturated rings. The fourth-order valence-electron chi connectivity index (χ4n) is 2.83. The molecular weight excluding hydrogens is 376 g/mol. The maximum Gasteiger partial charge on any atom is 0.260 e. The first-order valence-corrected chi connectivity index (χ1v) is 10.4. The molecule has 3 aromatic heterocycles. The molecule has 3 heterocycles. The summed E-state index contributed by atoms with van der Waals surface area (Å²) >= 11 is 2.97. The fourth-order valence-corrected chi connectivity index (χ4v) is 4.60. The summed E-state index contributed by atoms with van der Waals surface area (Å²) in [6.07, 6.45) is 0. The van der Waals surface area contributed by atoms with E-state index in [0.717, 1.165) is 32.9 Å². The number of nitrogens with one attached hydrogen (secondary N) is 1. The van der Waals surface area contributed by atoms with Gasteiger partial charge in [0.25, 0.3) is 5.56 Å². The smallest absolute Gasteiger partial charge is 0.260 e. The van der Waals surface area contributed by atoms with Gasteiger partial charge in [-0.05, 0) is 31.9 Å². The van der Waals surface area contributed by atoms with Gasteiger partial charge in [0.05, 0.1) is 11.1 Å². The summed E-state index contributed by atoms with van der Waals surface area (Å²) in [6, 6.07) is 9.91. The second-order valence-corrected chi connectivity index (χ2v) is 8.10. The molecule has 0 atom stereocenters. The Kier molecular flexibility index (Phi) is 4.80. The van der Waals surface area contributed by atoms with Crippen LogP contribution in [0.1, 0.15) is 22.8 Å². The lowest BCUT2D eigenvalue weighted by atomic mass is 10.1. The minimum absolute atomic E-state index is 0.104. The van der Waals surface area contributed by atoms with E-state index in [-0.39, 0.29) is 5.56 Å². The van der Waals surface area contributed by atoms with Crippen LogP contribution in [0.2, 0.25) is 0 Å². The van der Waals surface area contributed by atoms with Crippen molar-refractivity contribution in [3.63, 3.8) is 0 Å². The maximum absolute atomic E-state index is 12.7. The van der Waals surface area contributed by atoms with Crippen LogP contribution in [-0.4, -0.2) is 19.9 Å². The van der Waals surface area contributed by atoms with E-state index >= 15 is 0 Å². The first-order chi connectivity index (χ1) is 13.0. The average molecular weight is 395 g/mol. The third-order valence-corrected chi connectivity index (χ3v) is 6.26. The van der Waals surface area contributed by atoms with Crippen LogP contribution in [0.5, 0.6) is 0 Å². The van der Waals surface area contributed by atoms with Crippen molar-refractivity contribution in [1.29, 1.82) is 0 Å². The van der Waals surface area contributed by atoms with Gasteiger partial charge in [0, 0.05) is 22.3 Å². The Morgan fingerprint density at radius 2 is 1.74 bits per heavy atom. The molecule has 0 saturated carbocycles. The molecular formula is C20H18N4OS2. The van der Waals surface area contributed by atoms with Crippen LogP contribution in [0.25, 0.3) is 21.3 Å². The van der Waals surface area contributed by atoms with E-state index in [0.29, 0.717) is 22.1 Å². The quantitative estimate of drug-likeness (QED) is 0.403. The summed E-state index contributed by atoms with van der Waals surface area (Å²) in [5.41, 5.74) is 4.92. The van der Waals surface area contributed by atoms with Crippen molar-refractivity contribution in [3.8, 4) is 11.1 Å². The summed E-state index contributed by atoms with van der Waals surface area (Å²) in [5.74, 6) is 1.16. The number of hydrogen-bond donors (Lipinski definition) is 1. The molecule has 27 heavy (non-hydrogen) atoms. The molecule has 0 aliphatic heterocycles. The Morgan fingerprint density at radius 3 is 2.44 bits per heavy atom. The number of fused-ring (bicyclic) bond motifs is 1. The van der Waals surface area contributed by atoms with Gasteiger partial charge in [-0.2, -0.15) is 0 Å². The van der Waals surface area contributed by atoms with Crippen molar-refractivity contribution in [2.45, 2.75) is 31.7 Å². The Balaban J connectivity index is 1.64. The monoisotopic (exact) mass is 394 g/mol. The predicted octanol–water partition coefficient (Wildman–Crippen LogP) is 4.66. The van der Waals surface area contributed by atoms with Gasteiger partial charge >= 0.3 is 0 Å². The third-order valence-electron chi connectivity index (χ3n) is 4.53. The Labute approximate surface area is 164 Å². The molecule has 5 nitrogen and oxygen atoms in total. The molecule has 0 spiro atoms. The van der Waals surface area contributed by atoms with Crippen molar-refractivity contribution in [2.24, 2.45) is 0 Å². The predicted molar refractivity (Wildman–Crippen MR) is 111 cm³/mol. The van der Waals surface area contributed by atoms with Crippen molar-refractivity contribution >= 4 is 33.3 Å². The molecule has 0 aliphatic rings. The normalized spacial score (nSPS) is 11.2. The lowest BCUT2D eigenvalue weighted by Crippen LogP contribution is -2.11. The van der Waals surface area contributed by atoms with Crippen LogP contribution in [0.15, 0.2) is 45.7 Å². The number of thioether (sulfide) groups is 1. The molecule has 4 rings (SSSR count). The van der Waals surface area contributed by atoms with Gasteiger partial charge in [-0.3, -0.25) is 4.79 Å². The number of benzene rings is 1. The van der Waals surface area contributed by atoms with Gasteiger partial charge in [-0.25, -0.2) is 15.0 Å². The Morgan fingerprint density at radius 1 is 1.04 bits per heavy atom. The van der Waals surface area contributed by atoms with Gasteiger partial charge < -0.3 is 4.98 Å². The van der Waals surface area contributed by atoms with E-state index in [1.54, 1.807) is 0 Å². The van der Waals surface area contributed by atoms with Crippen LogP contribution in [-0.2, 0) is 5.75 Å². The number of H-pyrrole nitrogens is 1. The number of aryl methyl sites for hydroxylation is 2. The van der Waals surface area contributed by atoms with Gasteiger partial charge in [-0.15, -0.1) is 11.3 Å². The van der Waals surface area contributed by atoms with E-state index in [1.807, 2.05) is 56.5 Å². The second kappa shape index (κ2) is 7.25. The first-order valence-electron chi connectivity index (χ1n) is 8.53. The topological polar surface area (TPSA) is 71.5 Å². The van der Waals surface area contributed by atoms with Crippen LogP contribution < -0.4 is 5.56 Å². The van der Waals surface area contributed by atoms with Crippen LogP contribution >= 0.6 is 23.1 Å². The highest BCUT2D eigenvalue weighted by molar-refractivity contribution is 7.98. The van der Waals surface area contributed by atoms with Crippen molar-refractivity contribution < 1.29 is 0 Å². The van der Waals surface area contributed by atoms with Crippen LogP contribution in [0, 0.1) is 20.8 Å². The maximum atomic E-state index is 12.7. The number of aromatic amines is 1. The molecule has 0 bridgehead atoms. The van der Waals surface area contributed by atoms with Crippen LogP contribution in [0.3, 0.4) is 0 Å². The molecule has 0 unspecified atom stereocenters. The Hall–Kier alpha value is -2.51. The first kappa shape index (κ1) is 17.9. The van der Waals surface area contributed by atoms with Crippen molar-refractivity contribution in [1.82, 2.24) is 19.9 Å². The molecule has 1 aromatic carbocycles. The van der Waals surface area contributed by atoms with Gasteiger partial charge in [0.1, 0.15) is 10.7 Å². The number of nitrogens with zero attached hydrogens (tertiary/aromatic N) is 3. The van der Waals surface area contributed by atoms with E-state index in [1.165, 1.54) is 23.1 Å². The third kappa shape index (κ3) is 3.52. The highest BCUT2D eigenvalue weighted by Crippen LogP contribution is 2.31. The lowest BCUT2D eigenvalue weighted by molar-refractivity contribution is 0.878. The minimum atomic E-state index is -0.104. The minimum Gasteiger partial charge on any atom is -0.309 e. The number of thiophene rings is 1. The molecule has 7 heteroatoms. The highest BCUT2D eigenvalue weighted by atomic mass is 32.2. The largest absolute Gasteiger partial charge is 0.309 e. The van der Waals surface area contributed by atoms with E-state index < -0.39 is 0 Å². The summed E-state index contributed by atoms with van der Waals surface area (Å²) in [5, 5.41) is 3.35. The molecule has 0 amide bonds. The second-order valence-electron chi connectivity index (χ2n) is 6.30. The zero-order chi connectivity index (χ0) is 19.0. The van der Waals surface area contributed by atoms with Gasteiger partial charge in [0.2, 0.25) is 0 Å². The standard InChI is InChI=1S/C20H18N4OS2/c1-11-12(2)21-20(22-13(11)3)27-10-16-23-18(25)17-15(9-26-19(17)24-16)14-7-5-4-6-8-14/h4-9H,10H2,1-3H3,(H,23,24,25). The number of hydrogen-bond acceptors (Lipinski definition) is 6. The summed E-state index contributed by atoms with van der Waals surface area (Å²) in [4.78, 5) is 30.0. The summed E-state index contributed by atoms with van der Waals surface area (Å²) in [7, 11) is 0. The van der Waals surface area contributed by atoms with Crippen molar-refractivity contribution in [3.05, 3.63) is 68.8 Å². The summed E-state index contributed by atoms with van der Waals surface area (Å²) in [6.45, 7) is 5.99. The SMILES string of the molecule is Cc1nc(SCc2nc3scc(-c4ccccc4)c3c(=O)[nH]2)nc(C)c1C. The molecule has 0 radical (unpaired) electrons. The van der Waals surface area contributed by atoms with E-state index in [9.17, 15) is 4.79 Å². The molecule has 4 aromatic rings. The molecule has 136 valence electrons. The van der Waals surface area contributed by atoms with E-state index in [4.69, 9.17) is 0 Å². The number of aromatic nitrogens is 4. The summed E-state index contributed by atoms with van der Waals surface area (Å²) < 4.78 is 0. The molecule has 0 aliphatic carbocycles. The highest BCUT2D eigenvalue weighted by Gasteiger charge is 2.13. The van der Waals surface area contributed by atoms with Gasteiger partial charge in [-0.1, -0.05) is 42.1 Å². The van der Waals surface area contributed by atoms with Gasteiger partial charge in [0.15, 0.2) is 5.16 Å². The average Bonchev–Trinajstić information content (AvgIpc) is 3.09.